The number of aryl methyl sites for hydroxylation is 1. The van der Waals surface area contributed by atoms with Crippen LogP contribution in [0.5, 0.6) is 0 Å². The highest BCUT2D eigenvalue weighted by molar-refractivity contribution is 5.95. The Hall–Kier alpha value is -2.16. The molecule has 3 heterocycles. The van der Waals surface area contributed by atoms with Crippen LogP contribution in [-0.2, 0) is 4.74 Å². The molecule has 1 fully saturated rings. The molecule has 0 saturated carbocycles. The Morgan fingerprint density at radius 2 is 2.27 bits per heavy atom. The quantitative estimate of drug-likeness (QED) is 0.912. The number of amides is 1. The number of hydrogen-bond donors (Lipinski definition) is 1. The number of hydrogen-bond acceptors (Lipinski definition) is 4. The first kappa shape index (κ1) is 14.8. The molecule has 1 atom stereocenters. The van der Waals surface area contributed by atoms with Gasteiger partial charge in [0.15, 0.2) is 11.2 Å². The fourth-order valence-electron chi connectivity index (χ4n) is 2.46. The van der Waals surface area contributed by atoms with Crippen LogP contribution < -0.4 is 5.32 Å². The van der Waals surface area contributed by atoms with Crippen LogP contribution in [0.25, 0.3) is 5.65 Å². The summed E-state index contributed by atoms with van der Waals surface area (Å²) in [7, 11) is 0. The van der Waals surface area contributed by atoms with Crippen molar-refractivity contribution in [1.82, 2.24) is 19.9 Å². The smallest absolute Gasteiger partial charge is 0.379 e. The number of aromatic nitrogens is 3. The number of fused-ring (bicyclic) bond motifs is 1. The number of halogens is 3. The zero-order valence-electron chi connectivity index (χ0n) is 11.6. The van der Waals surface area contributed by atoms with Gasteiger partial charge in [-0.2, -0.15) is 18.3 Å². The normalized spacial score (nSPS) is 22.2. The molecule has 6 nitrogen and oxygen atoms in total. The van der Waals surface area contributed by atoms with Crippen molar-refractivity contribution in [2.45, 2.75) is 25.1 Å². The van der Waals surface area contributed by atoms with Crippen molar-refractivity contribution < 1.29 is 22.7 Å². The highest BCUT2D eigenvalue weighted by Gasteiger charge is 2.58. The highest BCUT2D eigenvalue weighted by Crippen LogP contribution is 2.37. The van der Waals surface area contributed by atoms with E-state index in [0.29, 0.717) is 11.3 Å². The molecule has 0 aliphatic carbocycles. The van der Waals surface area contributed by atoms with Gasteiger partial charge in [0.2, 0.25) is 0 Å². The SMILES string of the molecule is Cc1c(C(=O)NC2(C(F)(F)F)CCOC2)cnc2ccnn12. The number of carbonyl (C=O) groups excluding carboxylic acids is 1. The Balaban J connectivity index is 1.94. The molecule has 3 rings (SSSR count). The maximum absolute atomic E-state index is 13.3. The molecule has 1 aliphatic heterocycles. The van der Waals surface area contributed by atoms with E-state index in [9.17, 15) is 18.0 Å². The van der Waals surface area contributed by atoms with Crippen LogP contribution in [0.4, 0.5) is 13.2 Å². The van der Waals surface area contributed by atoms with Crippen molar-refractivity contribution in [2.75, 3.05) is 13.2 Å². The van der Waals surface area contributed by atoms with Crippen molar-refractivity contribution in [2.24, 2.45) is 0 Å². The average Bonchev–Trinajstić information content (AvgIpc) is 3.07. The van der Waals surface area contributed by atoms with Gasteiger partial charge < -0.3 is 10.1 Å². The first-order valence-electron chi connectivity index (χ1n) is 6.60. The second-order valence-corrected chi connectivity index (χ2v) is 5.20. The van der Waals surface area contributed by atoms with E-state index in [1.807, 2.05) is 0 Å². The molecule has 0 spiro atoms. The van der Waals surface area contributed by atoms with Crippen molar-refractivity contribution in [3.8, 4) is 0 Å². The monoisotopic (exact) mass is 314 g/mol. The van der Waals surface area contributed by atoms with Crippen LogP contribution in [0, 0.1) is 6.92 Å². The van der Waals surface area contributed by atoms with E-state index in [1.54, 1.807) is 13.0 Å². The lowest BCUT2D eigenvalue weighted by molar-refractivity contribution is -0.192. The Kier molecular flexibility index (Phi) is 3.32. The van der Waals surface area contributed by atoms with Crippen LogP contribution in [0.3, 0.4) is 0 Å². The summed E-state index contributed by atoms with van der Waals surface area (Å²) in [5.41, 5.74) is -1.37. The third kappa shape index (κ3) is 2.21. The fourth-order valence-corrected chi connectivity index (χ4v) is 2.46. The molecule has 0 radical (unpaired) electrons. The van der Waals surface area contributed by atoms with Crippen molar-refractivity contribution >= 4 is 11.6 Å². The van der Waals surface area contributed by atoms with Crippen molar-refractivity contribution in [1.29, 1.82) is 0 Å². The highest BCUT2D eigenvalue weighted by atomic mass is 19.4. The molecule has 1 saturated heterocycles. The fraction of sp³-hybridized carbons (Fsp3) is 0.462. The van der Waals surface area contributed by atoms with Gasteiger partial charge in [0.1, 0.15) is 0 Å². The van der Waals surface area contributed by atoms with Crippen LogP contribution in [0.15, 0.2) is 18.5 Å². The Morgan fingerprint density at radius 3 is 2.91 bits per heavy atom. The largest absolute Gasteiger partial charge is 0.413 e. The van der Waals surface area contributed by atoms with E-state index in [4.69, 9.17) is 4.74 Å². The summed E-state index contributed by atoms with van der Waals surface area (Å²) >= 11 is 0. The van der Waals surface area contributed by atoms with Crippen molar-refractivity contribution in [3.63, 3.8) is 0 Å². The Bertz CT molecular complexity index is 720. The van der Waals surface area contributed by atoms with Crippen LogP contribution in [-0.4, -0.2) is 45.4 Å². The van der Waals surface area contributed by atoms with Gasteiger partial charge in [-0.05, 0) is 6.92 Å². The molecular formula is C13H13F3N4O2. The lowest BCUT2D eigenvalue weighted by Gasteiger charge is -2.31. The zero-order valence-corrected chi connectivity index (χ0v) is 11.6. The Labute approximate surface area is 123 Å². The van der Waals surface area contributed by atoms with Crippen LogP contribution in [0.2, 0.25) is 0 Å². The third-order valence-electron chi connectivity index (χ3n) is 3.82. The first-order valence-corrected chi connectivity index (χ1v) is 6.60. The Morgan fingerprint density at radius 1 is 1.50 bits per heavy atom. The second-order valence-electron chi connectivity index (χ2n) is 5.20. The lowest BCUT2D eigenvalue weighted by Crippen LogP contribution is -2.59. The topological polar surface area (TPSA) is 68.5 Å². The molecule has 1 unspecified atom stereocenters. The van der Waals surface area contributed by atoms with E-state index in [-0.39, 0.29) is 18.6 Å². The molecule has 0 bridgehead atoms. The van der Waals surface area contributed by atoms with E-state index in [1.165, 1.54) is 16.9 Å². The number of carbonyl (C=O) groups is 1. The van der Waals surface area contributed by atoms with Gasteiger partial charge >= 0.3 is 6.18 Å². The standard InChI is InChI=1S/C13H13F3N4O2/c1-8-9(6-17-10-2-4-18-20(8)10)11(21)19-12(13(14,15)16)3-5-22-7-12/h2,4,6H,3,5,7H2,1H3,(H,19,21). The van der Waals surface area contributed by atoms with Gasteiger partial charge in [-0.3, -0.25) is 4.79 Å². The zero-order chi connectivity index (χ0) is 16.0. The van der Waals surface area contributed by atoms with Gasteiger partial charge in [-0.1, -0.05) is 0 Å². The predicted octanol–water partition coefficient (Wildman–Crippen LogP) is 1.49. The van der Waals surface area contributed by atoms with Gasteiger partial charge in [0, 0.05) is 25.3 Å². The predicted molar refractivity (Wildman–Crippen MR) is 69.4 cm³/mol. The number of nitrogens with zero attached hydrogens (tertiary/aromatic N) is 3. The van der Waals surface area contributed by atoms with Gasteiger partial charge in [0.25, 0.3) is 5.91 Å². The number of nitrogens with one attached hydrogen (secondary N) is 1. The minimum atomic E-state index is -4.59. The summed E-state index contributed by atoms with van der Waals surface area (Å²) in [6.45, 7) is 0.968. The van der Waals surface area contributed by atoms with E-state index in [0.717, 1.165) is 0 Å². The minimum Gasteiger partial charge on any atom is -0.379 e. The molecule has 0 aromatic carbocycles. The molecular weight excluding hydrogens is 301 g/mol. The summed E-state index contributed by atoms with van der Waals surface area (Å²) in [6, 6.07) is 1.64. The summed E-state index contributed by atoms with van der Waals surface area (Å²) < 4.78 is 46.1. The van der Waals surface area contributed by atoms with Gasteiger partial charge in [-0.15, -0.1) is 0 Å². The number of ether oxygens (including phenoxy) is 1. The average molecular weight is 314 g/mol. The van der Waals surface area contributed by atoms with E-state index in [2.05, 4.69) is 15.4 Å². The van der Waals surface area contributed by atoms with E-state index < -0.39 is 24.2 Å². The molecule has 22 heavy (non-hydrogen) atoms. The summed E-state index contributed by atoms with van der Waals surface area (Å²) in [5, 5.41) is 6.06. The molecule has 1 aliphatic rings. The number of alkyl halides is 3. The van der Waals surface area contributed by atoms with Gasteiger partial charge in [0.05, 0.1) is 24.1 Å². The van der Waals surface area contributed by atoms with E-state index >= 15 is 0 Å². The molecule has 118 valence electrons. The first-order chi connectivity index (χ1) is 10.3. The molecule has 2 aromatic rings. The molecule has 2 aromatic heterocycles. The number of rotatable bonds is 2. The van der Waals surface area contributed by atoms with Gasteiger partial charge in [-0.25, -0.2) is 9.50 Å². The van der Waals surface area contributed by atoms with Crippen LogP contribution in [0.1, 0.15) is 22.5 Å². The summed E-state index contributed by atoms with van der Waals surface area (Å²) in [4.78, 5) is 16.3. The lowest BCUT2D eigenvalue weighted by atomic mass is 9.97. The maximum atomic E-state index is 13.3. The summed E-state index contributed by atoms with van der Waals surface area (Å²) in [6.07, 6.45) is -2.14. The van der Waals surface area contributed by atoms with Crippen molar-refractivity contribution in [3.05, 3.63) is 29.7 Å². The summed E-state index contributed by atoms with van der Waals surface area (Å²) in [5.74, 6) is -0.842. The molecule has 9 heteroatoms. The minimum absolute atomic E-state index is 0.0464. The second kappa shape index (κ2) is 4.94. The molecule has 1 amide bonds. The molecule has 1 N–H and O–H groups in total. The maximum Gasteiger partial charge on any atom is 0.413 e. The van der Waals surface area contributed by atoms with Crippen LogP contribution >= 0.6 is 0 Å². The third-order valence-corrected chi connectivity index (χ3v) is 3.82.